The van der Waals surface area contributed by atoms with Gasteiger partial charge in [0, 0.05) is 24.8 Å². The Morgan fingerprint density at radius 3 is 2.94 bits per heavy atom. The van der Waals surface area contributed by atoms with Gasteiger partial charge in [-0.25, -0.2) is 9.18 Å². The molecule has 0 radical (unpaired) electrons. The molecule has 2 rings (SSSR count). The SMILES string of the molecule is O=C(O)N1CC[C@H](Nc2ccc(F)c(Cl)c2)C1. The van der Waals surface area contributed by atoms with Gasteiger partial charge in [0.25, 0.3) is 0 Å². The van der Waals surface area contributed by atoms with Crippen LogP contribution in [0, 0.1) is 5.82 Å². The average molecular weight is 259 g/mol. The number of anilines is 1. The molecular weight excluding hydrogens is 247 g/mol. The summed E-state index contributed by atoms with van der Waals surface area (Å²) < 4.78 is 12.9. The number of hydrogen-bond acceptors (Lipinski definition) is 2. The first kappa shape index (κ1) is 12.0. The zero-order valence-corrected chi connectivity index (χ0v) is 9.75. The zero-order valence-electron chi connectivity index (χ0n) is 8.99. The molecular formula is C11H12ClFN2O2. The van der Waals surface area contributed by atoms with Gasteiger partial charge in [0.1, 0.15) is 5.82 Å². The number of hydrogen-bond donors (Lipinski definition) is 2. The highest BCUT2D eigenvalue weighted by Gasteiger charge is 2.25. The van der Waals surface area contributed by atoms with E-state index in [-0.39, 0.29) is 11.1 Å². The molecule has 0 aliphatic carbocycles. The highest BCUT2D eigenvalue weighted by Crippen LogP contribution is 2.21. The second-order valence-electron chi connectivity index (χ2n) is 3.99. The van der Waals surface area contributed by atoms with Crippen LogP contribution in [0.1, 0.15) is 6.42 Å². The first-order valence-electron chi connectivity index (χ1n) is 5.25. The molecule has 1 aliphatic rings. The summed E-state index contributed by atoms with van der Waals surface area (Å²) in [5.74, 6) is -0.462. The van der Waals surface area contributed by atoms with Crippen molar-refractivity contribution in [2.45, 2.75) is 12.5 Å². The summed E-state index contributed by atoms with van der Waals surface area (Å²) in [7, 11) is 0. The molecule has 1 aliphatic heterocycles. The van der Waals surface area contributed by atoms with Crippen molar-refractivity contribution < 1.29 is 14.3 Å². The second kappa shape index (κ2) is 4.79. The van der Waals surface area contributed by atoms with Gasteiger partial charge in [0.15, 0.2) is 0 Å². The molecule has 1 aromatic rings. The van der Waals surface area contributed by atoms with E-state index in [0.29, 0.717) is 18.8 Å². The molecule has 1 heterocycles. The summed E-state index contributed by atoms with van der Waals surface area (Å²) in [6.45, 7) is 0.951. The summed E-state index contributed by atoms with van der Waals surface area (Å²) in [6, 6.07) is 4.42. The number of nitrogens with one attached hydrogen (secondary N) is 1. The predicted octanol–water partition coefficient (Wildman–Crippen LogP) is 2.64. The Kier molecular flexibility index (Phi) is 3.38. The third kappa shape index (κ3) is 2.79. The van der Waals surface area contributed by atoms with Gasteiger partial charge < -0.3 is 15.3 Å². The largest absolute Gasteiger partial charge is 0.465 e. The van der Waals surface area contributed by atoms with Crippen molar-refractivity contribution in [1.82, 2.24) is 4.90 Å². The van der Waals surface area contributed by atoms with Crippen molar-refractivity contribution in [3.8, 4) is 0 Å². The highest BCUT2D eigenvalue weighted by molar-refractivity contribution is 6.31. The third-order valence-corrected chi connectivity index (χ3v) is 3.04. The van der Waals surface area contributed by atoms with Crippen LogP contribution >= 0.6 is 11.6 Å². The van der Waals surface area contributed by atoms with Gasteiger partial charge in [-0.2, -0.15) is 0 Å². The smallest absolute Gasteiger partial charge is 0.407 e. The number of carboxylic acid groups (broad SMARTS) is 1. The maximum Gasteiger partial charge on any atom is 0.407 e. The number of likely N-dealkylation sites (tertiary alicyclic amines) is 1. The fourth-order valence-corrected chi connectivity index (χ4v) is 2.05. The molecule has 2 N–H and O–H groups in total. The Hall–Kier alpha value is -1.49. The normalized spacial score (nSPS) is 19.4. The molecule has 0 aromatic heterocycles. The van der Waals surface area contributed by atoms with Crippen molar-refractivity contribution in [1.29, 1.82) is 0 Å². The van der Waals surface area contributed by atoms with Crippen LogP contribution in [0.15, 0.2) is 18.2 Å². The van der Waals surface area contributed by atoms with E-state index in [9.17, 15) is 9.18 Å². The molecule has 1 amide bonds. The maximum absolute atomic E-state index is 12.9. The highest BCUT2D eigenvalue weighted by atomic mass is 35.5. The molecule has 1 aromatic carbocycles. The van der Waals surface area contributed by atoms with Gasteiger partial charge in [-0.1, -0.05) is 11.6 Å². The van der Waals surface area contributed by atoms with Crippen LogP contribution in [-0.4, -0.2) is 35.2 Å². The van der Waals surface area contributed by atoms with Gasteiger partial charge in [-0.3, -0.25) is 0 Å². The van der Waals surface area contributed by atoms with Crippen molar-refractivity contribution in [2.24, 2.45) is 0 Å². The lowest BCUT2D eigenvalue weighted by Crippen LogP contribution is -2.30. The first-order valence-corrected chi connectivity index (χ1v) is 5.63. The molecule has 17 heavy (non-hydrogen) atoms. The minimum Gasteiger partial charge on any atom is -0.465 e. The zero-order chi connectivity index (χ0) is 12.4. The molecule has 6 heteroatoms. The van der Waals surface area contributed by atoms with E-state index < -0.39 is 11.9 Å². The van der Waals surface area contributed by atoms with E-state index in [1.54, 1.807) is 6.07 Å². The molecule has 1 atom stereocenters. The molecule has 0 unspecified atom stereocenters. The Morgan fingerprint density at radius 1 is 1.59 bits per heavy atom. The van der Waals surface area contributed by atoms with Crippen molar-refractivity contribution in [3.63, 3.8) is 0 Å². The number of nitrogens with zero attached hydrogens (tertiary/aromatic N) is 1. The molecule has 4 nitrogen and oxygen atoms in total. The average Bonchev–Trinajstić information content (AvgIpc) is 2.72. The van der Waals surface area contributed by atoms with E-state index in [2.05, 4.69) is 5.32 Å². The monoisotopic (exact) mass is 258 g/mol. The summed E-state index contributed by atoms with van der Waals surface area (Å²) in [4.78, 5) is 12.1. The fourth-order valence-electron chi connectivity index (χ4n) is 1.87. The molecule has 0 spiro atoms. The molecule has 1 fully saturated rings. The number of carbonyl (C=O) groups is 1. The molecule has 0 bridgehead atoms. The molecule has 92 valence electrons. The lowest BCUT2D eigenvalue weighted by atomic mass is 10.2. The third-order valence-electron chi connectivity index (χ3n) is 2.75. The fraction of sp³-hybridized carbons (Fsp3) is 0.364. The van der Waals surface area contributed by atoms with Crippen LogP contribution < -0.4 is 5.32 Å². The number of rotatable bonds is 2. The van der Waals surface area contributed by atoms with Gasteiger partial charge in [-0.15, -0.1) is 0 Å². The van der Waals surface area contributed by atoms with Gasteiger partial charge in [0.05, 0.1) is 5.02 Å². The van der Waals surface area contributed by atoms with Crippen LogP contribution in [0.5, 0.6) is 0 Å². The molecule has 1 saturated heterocycles. The number of benzene rings is 1. The van der Waals surface area contributed by atoms with Crippen LogP contribution in [0.4, 0.5) is 14.9 Å². The van der Waals surface area contributed by atoms with E-state index in [1.807, 2.05) is 0 Å². The lowest BCUT2D eigenvalue weighted by molar-refractivity contribution is 0.155. The standard InChI is InChI=1S/C11H12ClFN2O2/c12-9-5-7(1-2-10(9)13)14-8-3-4-15(6-8)11(16)17/h1-2,5,8,14H,3-4,6H2,(H,16,17)/t8-/m0/s1. The Balaban J connectivity index is 1.98. The van der Waals surface area contributed by atoms with Crippen LogP contribution in [0.3, 0.4) is 0 Å². The predicted molar refractivity (Wildman–Crippen MR) is 63.0 cm³/mol. The quantitative estimate of drug-likeness (QED) is 0.857. The maximum atomic E-state index is 12.9. The first-order chi connectivity index (χ1) is 8.06. The number of amides is 1. The summed E-state index contributed by atoms with van der Waals surface area (Å²) >= 11 is 5.66. The molecule has 0 saturated carbocycles. The number of halogens is 2. The summed E-state index contributed by atoms with van der Waals surface area (Å²) in [5, 5.41) is 12.0. The van der Waals surface area contributed by atoms with Gasteiger partial charge in [-0.05, 0) is 24.6 Å². The van der Waals surface area contributed by atoms with Gasteiger partial charge >= 0.3 is 6.09 Å². The van der Waals surface area contributed by atoms with Crippen LogP contribution in [0.25, 0.3) is 0 Å². The van der Waals surface area contributed by atoms with Crippen molar-refractivity contribution in [3.05, 3.63) is 29.0 Å². The van der Waals surface area contributed by atoms with E-state index in [0.717, 1.165) is 6.42 Å². The minimum atomic E-state index is -0.911. The lowest BCUT2D eigenvalue weighted by Gasteiger charge is -2.15. The van der Waals surface area contributed by atoms with Crippen molar-refractivity contribution >= 4 is 23.4 Å². The van der Waals surface area contributed by atoms with E-state index in [1.165, 1.54) is 17.0 Å². The van der Waals surface area contributed by atoms with Crippen LogP contribution in [-0.2, 0) is 0 Å². The summed E-state index contributed by atoms with van der Waals surface area (Å²) in [5.41, 5.74) is 0.702. The Bertz CT molecular complexity index is 441. The van der Waals surface area contributed by atoms with Crippen LogP contribution in [0.2, 0.25) is 5.02 Å². The van der Waals surface area contributed by atoms with Gasteiger partial charge in [0.2, 0.25) is 0 Å². The minimum absolute atomic E-state index is 0.0487. The second-order valence-corrected chi connectivity index (χ2v) is 4.39. The van der Waals surface area contributed by atoms with E-state index >= 15 is 0 Å². The Morgan fingerprint density at radius 2 is 2.35 bits per heavy atom. The topological polar surface area (TPSA) is 52.6 Å². The van der Waals surface area contributed by atoms with Crippen molar-refractivity contribution in [2.75, 3.05) is 18.4 Å². The van der Waals surface area contributed by atoms with E-state index in [4.69, 9.17) is 16.7 Å². The Labute approximate surface area is 103 Å². The summed E-state index contributed by atoms with van der Waals surface area (Å²) in [6.07, 6.45) is -0.173.